The predicted molar refractivity (Wildman–Crippen MR) is 76.3 cm³/mol. The molecule has 2 N–H and O–H groups in total. The Morgan fingerprint density at radius 3 is 2.63 bits per heavy atom. The summed E-state index contributed by atoms with van der Waals surface area (Å²) in [5, 5.41) is 2.92. The van der Waals surface area contributed by atoms with Crippen molar-refractivity contribution in [3.8, 4) is 0 Å². The fourth-order valence-corrected chi connectivity index (χ4v) is 4.60. The highest BCUT2D eigenvalue weighted by Crippen LogP contribution is 2.40. The molecule has 0 radical (unpaired) electrons. The minimum atomic E-state index is -3.57. The van der Waals surface area contributed by atoms with Gasteiger partial charge in [0.15, 0.2) is 4.67 Å². The zero-order chi connectivity index (χ0) is 14.3. The number of hydrogen-bond acceptors (Lipinski definition) is 4. The molecule has 1 aliphatic carbocycles. The normalized spacial score (nSPS) is 16.8. The molecule has 0 aromatic carbocycles. The Hall–Kier alpha value is -0.370. The van der Waals surface area contributed by atoms with Crippen molar-refractivity contribution in [2.75, 3.05) is 7.05 Å². The van der Waals surface area contributed by atoms with Gasteiger partial charge in [-0.15, -0.1) is 0 Å². The van der Waals surface area contributed by atoms with E-state index in [-0.39, 0.29) is 9.56 Å². The Balaban J connectivity index is 2.23. The Bertz CT molecular complexity index is 562. The quantitative estimate of drug-likeness (QED) is 0.825. The van der Waals surface area contributed by atoms with E-state index in [1.807, 2.05) is 13.8 Å². The van der Waals surface area contributed by atoms with Crippen LogP contribution in [0.5, 0.6) is 0 Å². The van der Waals surface area contributed by atoms with Crippen LogP contribution in [0.3, 0.4) is 0 Å². The standard InChI is InChI=1S/C12H19BrN2O3S/c1-12(2,8-4-5-8)15-19(16,17)10-6-9(7-14-3)18-11(10)13/h6,8,14-15H,4-5,7H2,1-3H3. The van der Waals surface area contributed by atoms with Gasteiger partial charge in [-0.3, -0.25) is 0 Å². The third-order valence-corrected chi connectivity index (χ3v) is 5.87. The molecule has 0 bridgehead atoms. The predicted octanol–water partition coefficient (Wildman–Crippen LogP) is 2.23. The third kappa shape index (κ3) is 3.39. The summed E-state index contributed by atoms with van der Waals surface area (Å²) in [6.07, 6.45) is 2.15. The van der Waals surface area contributed by atoms with Crippen molar-refractivity contribution in [1.82, 2.24) is 10.0 Å². The SMILES string of the molecule is CNCc1cc(S(=O)(=O)NC(C)(C)C2CC2)c(Br)o1. The molecule has 0 amide bonds. The maximum Gasteiger partial charge on any atom is 0.245 e. The Kier molecular flexibility index (Phi) is 4.11. The van der Waals surface area contributed by atoms with Crippen LogP contribution in [0.4, 0.5) is 0 Å². The zero-order valence-electron chi connectivity index (χ0n) is 11.3. The molecule has 0 unspecified atom stereocenters. The number of rotatable bonds is 6. The fraction of sp³-hybridized carbons (Fsp3) is 0.667. The van der Waals surface area contributed by atoms with Gasteiger partial charge in [-0.05, 0) is 55.6 Å². The summed E-state index contributed by atoms with van der Waals surface area (Å²) in [5.74, 6) is 1.00. The molecule has 5 nitrogen and oxygen atoms in total. The van der Waals surface area contributed by atoms with E-state index in [9.17, 15) is 8.42 Å². The Labute approximate surface area is 122 Å². The van der Waals surface area contributed by atoms with Gasteiger partial charge in [0, 0.05) is 11.6 Å². The van der Waals surface area contributed by atoms with E-state index >= 15 is 0 Å². The second-order valence-electron chi connectivity index (χ2n) is 5.48. The van der Waals surface area contributed by atoms with Crippen LogP contribution in [0.25, 0.3) is 0 Å². The number of furan rings is 1. The lowest BCUT2D eigenvalue weighted by Gasteiger charge is -2.25. The highest BCUT2D eigenvalue weighted by Gasteiger charge is 2.41. The van der Waals surface area contributed by atoms with Crippen molar-refractivity contribution in [2.45, 2.75) is 43.7 Å². The van der Waals surface area contributed by atoms with E-state index in [2.05, 4.69) is 26.0 Å². The molecule has 1 fully saturated rings. The van der Waals surface area contributed by atoms with E-state index in [0.717, 1.165) is 12.8 Å². The molecular weight excluding hydrogens is 332 g/mol. The summed E-state index contributed by atoms with van der Waals surface area (Å²) in [5.41, 5.74) is -0.418. The molecule has 1 aromatic rings. The monoisotopic (exact) mass is 350 g/mol. The van der Waals surface area contributed by atoms with Crippen LogP contribution >= 0.6 is 15.9 Å². The smallest absolute Gasteiger partial charge is 0.245 e. The van der Waals surface area contributed by atoms with E-state index < -0.39 is 15.6 Å². The van der Waals surface area contributed by atoms with Crippen molar-refractivity contribution in [3.05, 3.63) is 16.5 Å². The van der Waals surface area contributed by atoms with Gasteiger partial charge in [-0.2, -0.15) is 0 Å². The molecule has 108 valence electrons. The van der Waals surface area contributed by atoms with Crippen molar-refractivity contribution in [1.29, 1.82) is 0 Å². The van der Waals surface area contributed by atoms with Gasteiger partial charge in [0.05, 0.1) is 6.54 Å². The van der Waals surface area contributed by atoms with Crippen molar-refractivity contribution < 1.29 is 12.8 Å². The van der Waals surface area contributed by atoms with Gasteiger partial charge in [-0.25, -0.2) is 13.1 Å². The minimum Gasteiger partial charge on any atom is -0.452 e. The molecule has 1 aromatic heterocycles. The van der Waals surface area contributed by atoms with Crippen LogP contribution in [0.2, 0.25) is 0 Å². The fourth-order valence-electron chi connectivity index (χ4n) is 2.13. The lowest BCUT2D eigenvalue weighted by atomic mass is 10.0. The lowest BCUT2D eigenvalue weighted by molar-refractivity contribution is 0.399. The molecule has 0 aliphatic heterocycles. The molecule has 1 aliphatic rings. The summed E-state index contributed by atoms with van der Waals surface area (Å²) in [7, 11) is -1.79. The molecule has 0 spiro atoms. The lowest BCUT2D eigenvalue weighted by Crippen LogP contribution is -2.45. The van der Waals surface area contributed by atoms with Gasteiger partial charge >= 0.3 is 0 Å². The first-order chi connectivity index (χ1) is 8.76. The first-order valence-corrected chi connectivity index (χ1v) is 8.50. The van der Waals surface area contributed by atoms with Gasteiger partial charge in [0.2, 0.25) is 10.0 Å². The highest BCUT2D eigenvalue weighted by atomic mass is 79.9. The molecule has 0 saturated heterocycles. The van der Waals surface area contributed by atoms with Crippen LogP contribution in [0, 0.1) is 5.92 Å². The van der Waals surface area contributed by atoms with E-state index in [4.69, 9.17) is 4.42 Å². The third-order valence-electron chi connectivity index (χ3n) is 3.34. The van der Waals surface area contributed by atoms with Gasteiger partial charge in [0.1, 0.15) is 10.7 Å². The largest absolute Gasteiger partial charge is 0.452 e. The van der Waals surface area contributed by atoms with Crippen molar-refractivity contribution in [2.24, 2.45) is 5.92 Å². The zero-order valence-corrected chi connectivity index (χ0v) is 13.7. The van der Waals surface area contributed by atoms with Gasteiger partial charge in [-0.1, -0.05) is 0 Å². The second kappa shape index (κ2) is 5.20. The maximum atomic E-state index is 12.4. The van der Waals surface area contributed by atoms with Crippen molar-refractivity contribution >= 4 is 26.0 Å². The summed E-state index contributed by atoms with van der Waals surface area (Å²) in [6.45, 7) is 4.33. The topological polar surface area (TPSA) is 71.3 Å². The summed E-state index contributed by atoms with van der Waals surface area (Å²) >= 11 is 3.17. The van der Waals surface area contributed by atoms with Crippen LogP contribution in [-0.4, -0.2) is 21.0 Å². The molecular formula is C12H19BrN2O3S. The molecule has 19 heavy (non-hydrogen) atoms. The Morgan fingerprint density at radius 2 is 2.11 bits per heavy atom. The van der Waals surface area contributed by atoms with Gasteiger partial charge in [0.25, 0.3) is 0 Å². The molecule has 7 heteroatoms. The summed E-state index contributed by atoms with van der Waals surface area (Å²) < 4.78 is 33.2. The molecule has 0 atom stereocenters. The van der Waals surface area contributed by atoms with Gasteiger partial charge < -0.3 is 9.73 Å². The number of sulfonamides is 1. The van der Waals surface area contributed by atoms with E-state index in [0.29, 0.717) is 18.2 Å². The van der Waals surface area contributed by atoms with Crippen LogP contribution in [-0.2, 0) is 16.6 Å². The first-order valence-electron chi connectivity index (χ1n) is 6.23. The summed E-state index contributed by atoms with van der Waals surface area (Å²) in [4.78, 5) is 0.159. The van der Waals surface area contributed by atoms with E-state index in [1.54, 1.807) is 13.1 Å². The van der Waals surface area contributed by atoms with Crippen molar-refractivity contribution in [3.63, 3.8) is 0 Å². The van der Waals surface area contributed by atoms with Crippen LogP contribution < -0.4 is 10.0 Å². The van der Waals surface area contributed by atoms with E-state index in [1.165, 1.54) is 0 Å². The molecule has 2 rings (SSSR count). The van der Waals surface area contributed by atoms with Crippen LogP contribution in [0.1, 0.15) is 32.4 Å². The highest BCUT2D eigenvalue weighted by molar-refractivity contribution is 9.10. The average molecular weight is 351 g/mol. The first kappa shape index (κ1) is 15.0. The molecule has 1 saturated carbocycles. The number of nitrogens with one attached hydrogen (secondary N) is 2. The maximum absolute atomic E-state index is 12.4. The molecule has 1 heterocycles. The van der Waals surface area contributed by atoms with Crippen LogP contribution in [0.15, 0.2) is 20.0 Å². The number of hydrogen-bond donors (Lipinski definition) is 2. The number of halogens is 1. The summed E-state index contributed by atoms with van der Waals surface area (Å²) in [6, 6.07) is 1.55. The minimum absolute atomic E-state index is 0.159. The second-order valence-corrected chi connectivity index (χ2v) is 7.85. The average Bonchev–Trinajstić information content (AvgIpc) is 3.03. The Morgan fingerprint density at radius 1 is 1.47 bits per heavy atom.